The van der Waals surface area contributed by atoms with Gasteiger partial charge < -0.3 is 19.7 Å². The number of hydrogen-bond acceptors (Lipinski definition) is 5. The van der Waals surface area contributed by atoms with Crippen LogP contribution in [0.4, 0.5) is 11.4 Å². The van der Waals surface area contributed by atoms with Crippen LogP contribution in [0.15, 0.2) is 42.5 Å². The van der Waals surface area contributed by atoms with Gasteiger partial charge in [0.05, 0.1) is 29.6 Å². The predicted molar refractivity (Wildman–Crippen MR) is 116 cm³/mol. The zero-order chi connectivity index (χ0) is 19.9. The fourth-order valence-corrected chi connectivity index (χ4v) is 3.42. The highest BCUT2D eigenvalue weighted by Crippen LogP contribution is 2.34. The van der Waals surface area contributed by atoms with Crippen molar-refractivity contribution in [3.63, 3.8) is 0 Å². The standard InChI is InChI=1S/C20H22ClN3O3S/c1-14-5-2-3-8-17(14)27-13-18(25)23-20(28)22-16-7-4-6-15(21)19(16)24-9-11-26-12-10-24/h2-8H,9-13H2,1H3,(H2,22,23,25,28). The molecule has 8 heteroatoms. The molecule has 28 heavy (non-hydrogen) atoms. The Morgan fingerprint density at radius 3 is 2.71 bits per heavy atom. The minimum atomic E-state index is -0.337. The van der Waals surface area contributed by atoms with Crippen LogP contribution in [0.2, 0.25) is 5.02 Å². The Bertz CT molecular complexity index is 856. The number of anilines is 2. The van der Waals surface area contributed by atoms with E-state index in [4.69, 9.17) is 33.3 Å². The van der Waals surface area contributed by atoms with Gasteiger partial charge in [-0.25, -0.2) is 0 Å². The summed E-state index contributed by atoms with van der Waals surface area (Å²) in [6.45, 7) is 4.55. The third kappa shape index (κ3) is 5.34. The molecule has 0 spiro atoms. The molecule has 0 aliphatic carbocycles. The Kier molecular flexibility index (Phi) is 7.08. The average Bonchev–Trinajstić information content (AvgIpc) is 2.68. The second-order valence-electron chi connectivity index (χ2n) is 6.29. The number of morpholine rings is 1. The lowest BCUT2D eigenvalue weighted by Gasteiger charge is -2.31. The van der Waals surface area contributed by atoms with Gasteiger partial charge in [-0.3, -0.25) is 10.1 Å². The first-order chi connectivity index (χ1) is 13.5. The average molecular weight is 420 g/mol. The number of amides is 1. The van der Waals surface area contributed by atoms with Crippen LogP contribution in [0.25, 0.3) is 0 Å². The first-order valence-electron chi connectivity index (χ1n) is 8.95. The van der Waals surface area contributed by atoms with Gasteiger partial charge in [0, 0.05) is 13.1 Å². The number of rotatable bonds is 5. The maximum Gasteiger partial charge on any atom is 0.264 e. The van der Waals surface area contributed by atoms with Crippen molar-refractivity contribution in [2.24, 2.45) is 0 Å². The van der Waals surface area contributed by atoms with Crippen LogP contribution in [0.3, 0.4) is 0 Å². The van der Waals surface area contributed by atoms with Crippen LogP contribution in [-0.2, 0) is 9.53 Å². The van der Waals surface area contributed by atoms with Crippen molar-refractivity contribution in [3.05, 3.63) is 53.1 Å². The Balaban J connectivity index is 1.59. The molecule has 0 radical (unpaired) electrons. The van der Waals surface area contributed by atoms with Gasteiger partial charge in [0.15, 0.2) is 11.7 Å². The number of halogens is 1. The highest BCUT2D eigenvalue weighted by molar-refractivity contribution is 7.80. The molecule has 148 valence electrons. The van der Waals surface area contributed by atoms with Crippen molar-refractivity contribution in [2.75, 3.05) is 43.1 Å². The summed E-state index contributed by atoms with van der Waals surface area (Å²) in [4.78, 5) is 14.3. The quantitative estimate of drug-likeness (QED) is 0.724. The number of thiocarbonyl (C=S) groups is 1. The summed E-state index contributed by atoms with van der Waals surface area (Å²) in [5.74, 6) is 0.330. The lowest BCUT2D eigenvalue weighted by Crippen LogP contribution is -2.39. The van der Waals surface area contributed by atoms with E-state index < -0.39 is 0 Å². The fourth-order valence-electron chi connectivity index (χ4n) is 2.90. The van der Waals surface area contributed by atoms with Crippen LogP contribution in [0, 0.1) is 6.92 Å². The molecular weight excluding hydrogens is 398 g/mol. The van der Waals surface area contributed by atoms with Crippen molar-refractivity contribution in [1.82, 2.24) is 5.32 Å². The van der Waals surface area contributed by atoms with Crippen molar-refractivity contribution in [3.8, 4) is 5.75 Å². The summed E-state index contributed by atoms with van der Waals surface area (Å²) in [5, 5.41) is 6.51. The van der Waals surface area contributed by atoms with E-state index in [1.807, 2.05) is 49.4 Å². The summed E-state index contributed by atoms with van der Waals surface area (Å²) in [6.07, 6.45) is 0. The number of carbonyl (C=O) groups excluding carboxylic acids is 1. The largest absolute Gasteiger partial charge is 0.483 e. The third-order valence-corrected chi connectivity index (χ3v) is 4.78. The van der Waals surface area contributed by atoms with Gasteiger partial charge in [-0.2, -0.15) is 0 Å². The van der Waals surface area contributed by atoms with Crippen molar-refractivity contribution in [1.29, 1.82) is 0 Å². The van der Waals surface area contributed by atoms with E-state index in [-0.39, 0.29) is 17.6 Å². The van der Waals surface area contributed by atoms with Gasteiger partial charge in [0.1, 0.15) is 5.75 Å². The number of ether oxygens (including phenoxy) is 2. The lowest BCUT2D eigenvalue weighted by molar-refractivity contribution is -0.121. The number of carbonyl (C=O) groups is 1. The number of aryl methyl sites for hydroxylation is 1. The minimum absolute atomic E-state index is 0.126. The van der Waals surface area contributed by atoms with Gasteiger partial charge in [0.2, 0.25) is 0 Å². The van der Waals surface area contributed by atoms with Crippen molar-refractivity contribution < 1.29 is 14.3 Å². The van der Waals surface area contributed by atoms with E-state index >= 15 is 0 Å². The molecule has 3 rings (SSSR count). The normalized spacial score (nSPS) is 13.7. The van der Waals surface area contributed by atoms with Crippen molar-refractivity contribution >= 4 is 46.2 Å². The highest BCUT2D eigenvalue weighted by atomic mass is 35.5. The summed E-state index contributed by atoms with van der Waals surface area (Å²) < 4.78 is 10.9. The Morgan fingerprint density at radius 1 is 1.21 bits per heavy atom. The Morgan fingerprint density at radius 2 is 1.96 bits per heavy atom. The monoisotopic (exact) mass is 419 g/mol. The minimum Gasteiger partial charge on any atom is -0.483 e. The second-order valence-corrected chi connectivity index (χ2v) is 7.11. The molecule has 2 N–H and O–H groups in total. The number of benzene rings is 2. The van der Waals surface area contributed by atoms with Gasteiger partial charge in [-0.05, 0) is 42.9 Å². The maximum absolute atomic E-state index is 12.2. The molecule has 2 aromatic rings. The van der Waals surface area contributed by atoms with Crippen LogP contribution >= 0.6 is 23.8 Å². The molecule has 1 fully saturated rings. The van der Waals surface area contributed by atoms with E-state index in [1.54, 1.807) is 0 Å². The molecule has 0 aromatic heterocycles. The summed E-state index contributed by atoms with van der Waals surface area (Å²) in [6, 6.07) is 13.1. The van der Waals surface area contributed by atoms with Crippen LogP contribution < -0.4 is 20.3 Å². The van der Waals surface area contributed by atoms with Crippen molar-refractivity contribution in [2.45, 2.75) is 6.92 Å². The van der Waals surface area contributed by atoms with Gasteiger partial charge in [-0.15, -0.1) is 0 Å². The summed E-state index contributed by atoms with van der Waals surface area (Å²) in [5.41, 5.74) is 2.55. The summed E-state index contributed by atoms with van der Waals surface area (Å²) >= 11 is 11.7. The van der Waals surface area contributed by atoms with E-state index in [0.29, 0.717) is 24.0 Å². The second kappa shape index (κ2) is 9.73. The molecule has 6 nitrogen and oxygen atoms in total. The maximum atomic E-state index is 12.2. The van der Waals surface area contributed by atoms with E-state index in [1.165, 1.54) is 0 Å². The first-order valence-corrected chi connectivity index (χ1v) is 9.73. The van der Waals surface area contributed by atoms with Crippen LogP contribution in [0.1, 0.15) is 5.56 Å². The zero-order valence-electron chi connectivity index (χ0n) is 15.5. The molecule has 1 saturated heterocycles. The molecule has 1 aliphatic rings. The van der Waals surface area contributed by atoms with E-state index in [9.17, 15) is 4.79 Å². The predicted octanol–water partition coefficient (Wildman–Crippen LogP) is 3.38. The van der Waals surface area contributed by atoms with Gasteiger partial charge in [0.25, 0.3) is 5.91 Å². The molecule has 2 aromatic carbocycles. The lowest BCUT2D eigenvalue weighted by atomic mass is 10.2. The topological polar surface area (TPSA) is 62.8 Å². The molecule has 1 heterocycles. The Hall–Kier alpha value is -2.35. The van der Waals surface area contributed by atoms with Crippen LogP contribution in [-0.4, -0.2) is 43.9 Å². The van der Waals surface area contributed by atoms with Gasteiger partial charge in [-0.1, -0.05) is 35.9 Å². The number of hydrogen-bond donors (Lipinski definition) is 2. The molecule has 1 aliphatic heterocycles. The molecular formula is C20H22ClN3O3S. The van der Waals surface area contributed by atoms with Gasteiger partial charge >= 0.3 is 0 Å². The van der Waals surface area contributed by atoms with E-state index in [0.717, 1.165) is 30.0 Å². The number of nitrogens with one attached hydrogen (secondary N) is 2. The smallest absolute Gasteiger partial charge is 0.264 e. The zero-order valence-corrected chi connectivity index (χ0v) is 17.1. The first kappa shape index (κ1) is 20.4. The molecule has 0 bridgehead atoms. The Labute approximate surface area is 174 Å². The fraction of sp³-hybridized carbons (Fsp3) is 0.300. The third-order valence-electron chi connectivity index (χ3n) is 4.27. The molecule has 0 saturated carbocycles. The van der Waals surface area contributed by atoms with E-state index in [2.05, 4.69) is 15.5 Å². The highest BCUT2D eigenvalue weighted by Gasteiger charge is 2.18. The number of nitrogens with zero attached hydrogens (tertiary/aromatic N) is 1. The molecule has 0 atom stereocenters. The molecule has 1 amide bonds. The van der Waals surface area contributed by atoms with Crippen LogP contribution in [0.5, 0.6) is 5.75 Å². The molecule has 0 unspecified atom stereocenters. The summed E-state index contributed by atoms with van der Waals surface area (Å²) in [7, 11) is 0. The number of para-hydroxylation sites is 2. The SMILES string of the molecule is Cc1ccccc1OCC(=O)NC(=S)Nc1cccc(Cl)c1N1CCOCC1.